The Morgan fingerprint density at radius 1 is 1.14 bits per heavy atom. The number of ether oxygens (including phenoxy) is 1. The summed E-state index contributed by atoms with van der Waals surface area (Å²) in [5, 5.41) is 6.97. The van der Waals surface area contributed by atoms with Gasteiger partial charge in [0.1, 0.15) is 6.54 Å². The molecule has 6 nitrogen and oxygen atoms in total. The molecule has 1 aromatic rings. The molecule has 160 valence electrons. The van der Waals surface area contributed by atoms with Gasteiger partial charge in [0.25, 0.3) is 0 Å². The van der Waals surface area contributed by atoms with Crippen LogP contribution in [0.2, 0.25) is 0 Å². The average molecular weight is 401 g/mol. The molecule has 1 unspecified atom stereocenters. The van der Waals surface area contributed by atoms with Crippen molar-refractivity contribution in [1.29, 1.82) is 0 Å². The van der Waals surface area contributed by atoms with E-state index >= 15 is 0 Å². The first kappa shape index (κ1) is 21.6. The van der Waals surface area contributed by atoms with Crippen molar-refractivity contribution in [3.05, 3.63) is 35.9 Å². The lowest BCUT2D eigenvalue weighted by molar-refractivity contribution is -0.127. The topological polar surface area (TPSA) is 66.0 Å². The number of rotatable bonds is 7. The zero-order chi connectivity index (χ0) is 20.5. The van der Waals surface area contributed by atoms with Crippen LogP contribution in [0, 0.1) is 0 Å². The van der Waals surface area contributed by atoms with Gasteiger partial charge in [0.05, 0.1) is 6.10 Å². The number of hydrogen-bond acceptors (Lipinski definition) is 3. The molecule has 1 heterocycles. The molecule has 0 aromatic heterocycles. The molecule has 1 aliphatic carbocycles. The minimum Gasteiger partial charge on any atom is -0.376 e. The lowest BCUT2D eigenvalue weighted by Gasteiger charge is -2.31. The van der Waals surface area contributed by atoms with Crippen LogP contribution >= 0.6 is 0 Å². The van der Waals surface area contributed by atoms with E-state index in [1.165, 1.54) is 37.7 Å². The van der Waals surface area contributed by atoms with Gasteiger partial charge in [-0.1, -0.05) is 43.2 Å². The first-order valence-electron chi connectivity index (χ1n) is 11.0. The Hall–Kier alpha value is -2.08. The van der Waals surface area contributed by atoms with Crippen LogP contribution in [0.5, 0.6) is 0 Å². The van der Waals surface area contributed by atoms with Gasteiger partial charge in [-0.05, 0) is 37.7 Å². The number of hydrogen-bond donors (Lipinski definition) is 2. The van der Waals surface area contributed by atoms with Gasteiger partial charge in [-0.3, -0.25) is 4.79 Å². The zero-order valence-corrected chi connectivity index (χ0v) is 18.0. The number of nitrogens with one attached hydrogen (secondary N) is 2. The SMILES string of the molecule is CN(C)C(=O)CN=C(NCC1CCCCO1)NCC1(c2ccccc2)CCCC1. The van der Waals surface area contributed by atoms with Gasteiger partial charge in [0.2, 0.25) is 5.91 Å². The summed E-state index contributed by atoms with van der Waals surface area (Å²) in [6, 6.07) is 10.8. The number of carbonyl (C=O) groups is 1. The fourth-order valence-electron chi connectivity index (χ4n) is 4.31. The van der Waals surface area contributed by atoms with Crippen molar-refractivity contribution in [1.82, 2.24) is 15.5 Å². The Kier molecular flexibility index (Phi) is 7.92. The Morgan fingerprint density at radius 2 is 1.90 bits per heavy atom. The average Bonchev–Trinajstić information content (AvgIpc) is 3.24. The highest BCUT2D eigenvalue weighted by Gasteiger charge is 2.35. The number of benzene rings is 1. The van der Waals surface area contributed by atoms with Crippen LogP contribution in [0.1, 0.15) is 50.5 Å². The summed E-state index contributed by atoms with van der Waals surface area (Å²) in [6.07, 6.45) is 8.52. The maximum absolute atomic E-state index is 12.0. The summed E-state index contributed by atoms with van der Waals surface area (Å²) < 4.78 is 5.84. The molecule has 29 heavy (non-hydrogen) atoms. The van der Waals surface area contributed by atoms with E-state index < -0.39 is 0 Å². The molecule has 2 aliphatic rings. The molecule has 1 saturated carbocycles. The standard InChI is InChI=1S/C23H36N4O2/c1-27(2)21(28)17-25-22(24-16-20-12-6-9-15-29-20)26-18-23(13-7-8-14-23)19-10-4-3-5-11-19/h3-5,10-11,20H,6-9,12-18H2,1-2H3,(H2,24,25,26). The predicted octanol–water partition coefficient (Wildman–Crippen LogP) is 2.69. The number of nitrogens with zero attached hydrogens (tertiary/aromatic N) is 2. The number of amides is 1. The van der Waals surface area contributed by atoms with E-state index in [1.54, 1.807) is 19.0 Å². The fourth-order valence-corrected chi connectivity index (χ4v) is 4.31. The van der Waals surface area contributed by atoms with Crippen molar-refractivity contribution < 1.29 is 9.53 Å². The highest BCUT2D eigenvalue weighted by atomic mass is 16.5. The van der Waals surface area contributed by atoms with Gasteiger partial charge in [-0.15, -0.1) is 0 Å². The molecule has 0 radical (unpaired) electrons. The Balaban J connectivity index is 1.65. The summed E-state index contributed by atoms with van der Waals surface area (Å²) in [7, 11) is 3.52. The van der Waals surface area contributed by atoms with Gasteiger partial charge < -0.3 is 20.3 Å². The predicted molar refractivity (Wildman–Crippen MR) is 117 cm³/mol. The van der Waals surface area contributed by atoms with Crippen molar-refractivity contribution >= 4 is 11.9 Å². The lowest BCUT2D eigenvalue weighted by Crippen LogP contribution is -2.47. The molecule has 3 rings (SSSR count). The number of carbonyl (C=O) groups excluding carboxylic acids is 1. The quantitative estimate of drug-likeness (QED) is 0.546. The molecular formula is C23H36N4O2. The van der Waals surface area contributed by atoms with Gasteiger partial charge in [-0.2, -0.15) is 0 Å². The lowest BCUT2D eigenvalue weighted by atomic mass is 9.79. The van der Waals surface area contributed by atoms with E-state index in [2.05, 4.69) is 46.0 Å². The smallest absolute Gasteiger partial charge is 0.243 e. The number of guanidine groups is 1. The third-order valence-corrected chi connectivity index (χ3v) is 6.18. The summed E-state index contributed by atoms with van der Waals surface area (Å²) in [4.78, 5) is 18.2. The number of aliphatic imine (C=N–C) groups is 1. The van der Waals surface area contributed by atoms with E-state index in [9.17, 15) is 4.79 Å². The minimum atomic E-state index is -0.00124. The van der Waals surface area contributed by atoms with Crippen LogP contribution < -0.4 is 10.6 Å². The van der Waals surface area contributed by atoms with Crippen LogP contribution in [0.3, 0.4) is 0 Å². The Morgan fingerprint density at radius 3 is 2.55 bits per heavy atom. The maximum atomic E-state index is 12.0. The van der Waals surface area contributed by atoms with E-state index in [4.69, 9.17) is 4.74 Å². The van der Waals surface area contributed by atoms with Crippen molar-refractivity contribution in [3.63, 3.8) is 0 Å². The fraction of sp³-hybridized carbons (Fsp3) is 0.652. The van der Waals surface area contributed by atoms with Crippen LogP contribution in [-0.2, 0) is 14.9 Å². The van der Waals surface area contributed by atoms with Gasteiger partial charge in [0.15, 0.2) is 5.96 Å². The van der Waals surface area contributed by atoms with Gasteiger partial charge in [0, 0.05) is 39.2 Å². The second kappa shape index (κ2) is 10.6. The summed E-state index contributed by atoms with van der Waals surface area (Å²) in [5.41, 5.74) is 1.53. The first-order chi connectivity index (χ1) is 14.1. The number of likely N-dealkylation sites (N-methyl/N-ethyl adjacent to an activating group) is 1. The molecule has 2 N–H and O–H groups in total. The van der Waals surface area contributed by atoms with Gasteiger partial charge >= 0.3 is 0 Å². The van der Waals surface area contributed by atoms with Gasteiger partial charge in [-0.25, -0.2) is 4.99 Å². The zero-order valence-electron chi connectivity index (χ0n) is 18.0. The van der Waals surface area contributed by atoms with Crippen LogP contribution in [0.25, 0.3) is 0 Å². The molecule has 2 fully saturated rings. The van der Waals surface area contributed by atoms with E-state index in [0.717, 1.165) is 32.5 Å². The molecule has 1 amide bonds. The van der Waals surface area contributed by atoms with Crippen molar-refractivity contribution in [2.45, 2.75) is 56.5 Å². The molecule has 1 aromatic carbocycles. The van der Waals surface area contributed by atoms with Crippen LogP contribution in [0.4, 0.5) is 0 Å². The molecular weight excluding hydrogens is 364 g/mol. The van der Waals surface area contributed by atoms with Crippen LogP contribution in [0.15, 0.2) is 35.3 Å². The third kappa shape index (κ3) is 6.20. The molecule has 6 heteroatoms. The second-order valence-electron chi connectivity index (χ2n) is 8.53. The molecule has 1 aliphatic heterocycles. The Labute approximate surface area is 175 Å². The molecule has 0 spiro atoms. The summed E-state index contributed by atoms with van der Waals surface area (Å²) in [5.74, 6) is 0.704. The molecule has 0 bridgehead atoms. The normalized spacial score (nSPS) is 21.6. The highest BCUT2D eigenvalue weighted by Crippen LogP contribution is 2.40. The van der Waals surface area contributed by atoms with E-state index in [0.29, 0.717) is 5.96 Å². The Bertz CT molecular complexity index is 663. The largest absolute Gasteiger partial charge is 0.376 e. The third-order valence-electron chi connectivity index (χ3n) is 6.18. The van der Waals surface area contributed by atoms with Crippen molar-refractivity contribution in [2.24, 2.45) is 4.99 Å². The maximum Gasteiger partial charge on any atom is 0.243 e. The summed E-state index contributed by atoms with van der Waals surface area (Å²) >= 11 is 0. The van der Waals surface area contributed by atoms with Crippen molar-refractivity contribution in [2.75, 3.05) is 40.3 Å². The van der Waals surface area contributed by atoms with Crippen LogP contribution in [-0.4, -0.2) is 63.2 Å². The molecule has 1 atom stereocenters. The monoisotopic (exact) mass is 400 g/mol. The highest BCUT2D eigenvalue weighted by molar-refractivity contribution is 5.84. The van der Waals surface area contributed by atoms with E-state index in [-0.39, 0.29) is 24.0 Å². The minimum absolute atomic E-state index is 0.00124. The van der Waals surface area contributed by atoms with Crippen molar-refractivity contribution in [3.8, 4) is 0 Å². The molecule has 1 saturated heterocycles. The van der Waals surface area contributed by atoms with E-state index in [1.807, 2.05) is 0 Å². The second-order valence-corrected chi connectivity index (χ2v) is 8.53. The first-order valence-corrected chi connectivity index (χ1v) is 11.0. The summed E-state index contributed by atoms with van der Waals surface area (Å²) in [6.45, 7) is 2.53.